The monoisotopic (exact) mass is 303 g/mol. The second-order valence-electron chi connectivity index (χ2n) is 4.90. The number of nitrogens with zero attached hydrogens (tertiary/aromatic N) is 5. The van der Waals surface area contributed by atoms with Gasteiger partial charge in [-0.15, -0.1) is 11.3 Å². The van der Waals surface area contributed by atoms with Crippen molar-refractivity contribution in [2.45, 2.75) is 6.92 Å². The van der Waals surface area contributed by atoms with Crippen molar-refractivity contribution in [2.75, 3.05) is 36.0 Å². The van der Waals surface area contributed by atoms with Crippen molar-refractivity contribution in [2.24, 2.45) is 5.73 Å². The van der Waals surface area contributed by atoms with E-state index in [1.165, 1.54) is 0 Å². The largest absolute Gasteiger partial charge is 0.382 e. The summed E-state index contributed by atoms with van der Waals surface area (Å²) in [4.78, 5) is 17.6. The van der Waals surface area contributed by atoms with Crippen molar-refractivity contribution in [3.8, 4) is 0 Å². The van der Waals surface area contributed by atoms with Gasteiger partial charge in [-0.3, -0.25) is 5.41 Å². The van der Waals surface area contributed by atoms with Crippen LogP contribution in [0.25, 0.3) is 0 Å². The van der Waals surface area contributed by atoms with Crippen LogP contribution in [0.4, 0.5) is 11.1 Å². The van der Waals surface area contributed by atoms with E-state index in [9.17, 15) is 0 Å². The number of nitrogens with two attached hydrogens (primary N) is 1. The molecule has 1 saturated heterocycles. The zero-order valence-electron chi connectivity index (χ0n) is 11.8. The molecule has 0 unspecified atom stereocenters. The molecule has 3 heterocycles. The first kappa shape index (κ1) is 13.7. The van der Waals surface area contributed by atoms with E-state index in [-0.39, 0.29) is 5.84 Å². The summed E-state index contributed by atoms with van der Waals surface area (Å²) in [6.07, 6.45) is 1.83. The van der Waals surface area contributed by atoms with Gasteiger partial charge in [0.1, 0.15) is 11.5 Å². The third kappa shape index (κ3) is 2.94. The lowest BCUT2D eigenvalue weighted by atomic mass is 10.3. The molecule has 1 aliphatic heterocycles. The van der Waals surface area contributed by atoms with Crippen LogP contribution >= 0.6 is 11.3 Å². The first-order chi connectivity index (χ1) is 10.1. The van der Waals surface area contributed by atoms with Gasteiger partial charge >= 0.3 is 0 Å². The Kier molecular flexibility index (Phi) is 3.70. The van der Waals surface area contributed by atoms with Crippen molar-refractivity contribution in [3.63, 3.8) is 0 Å². The summed E-state index contributed by atoms with van der Waals surface area (Å²) in [5.74, 6) is 0.627. The highest BCUT2D eigenvalue weighted by atomic mass is 32.1. The molecule has 3 N–H and O–H groups in total. The Balaban J connectivity index is 1.73. The Labute approximate surface area is 127 Å². The summed E-state index contributed by atoms with van der Waals surface area (Å²) < 4.78 is 0. The number of hydrogen-bond acceptors (Lipinski definition) is 7. The molecular formula is C13H17N7S. The second kappa shape index (κ2) is 5.65. The minimum atomic E-state index is -0.0248. The van der Waals surface area contributed by atoms with Crippen LogP contribution in [0.15, 0.2) is 17.6 Å². The molecule has 7 nitrogen and oxygen atoms in total. The SMILES string of the molecule is Cc1cc(C(=N)N)nc(N2CCN(c3nccs3)CC2)n1. The van der Waals surface area contributed by atoms with E-state index in [2.05, 4.69) is 24.8 Å². The molecule has 0 amide bonds. The topological polar surface area (TPSA) is 95.0 Å². The first-order valence-corrected chi connectivity index (χ1v) is 7.61. The van der Waals surface area contributed by atoms with Crippen LogP contribution in [0.5, 0.6) is 0 Å². The van der Waals surface area contributed by atoms with Gasteiger partial charge in [0.15, 0.2) is 5.13 Å². The molecule has 110 valence electrons. The highest BCUT2D eigenvalue weighted by Gasteiger charge is 2.21. The lowest BCUT2D eigenvalue weighted by molar-refractivity contribution is 0.637. The van der Waals surface area contributed by atoms with Crippen LogP contribution in [0.2, 0.25) is 0 Å². The van der Waals surface area contributed by atoms with Crippen LogP contribution in [0.3, 0.4) is 0 Å². The standard InChI is InChI=1S/C13H17N7S/c1-9-8-10(11(14)15)18-12(17-9)19-3-5-20(6-4-19)13-16-2-7-21-13/h2,7-8H,3-6H2,1H3,(H3,14,15). The van der Waals surface area contributed by atoms with Gasteiger partial charge in [-0.1, -0.05) is 0 Å². The number of thiazole rings is 1. The van der Waals surface area contributed by atoms with Crippen molar-refractivity contribution in [3.05, 3.63) is 29.0 Å². The van der Waals surface area contributed by atoms with Gasteiger partial charge in [-0.2, -0.15) is 0 Å². The van der Waals surface area contributed by atoms with Crippen LogP contribution in [0.1, 0.15) is 11.4 Å². The van der Waals surface area contributed by atoms with E-state index in [0.29, 0.717) is 11.6 Å². The molecule has 2 aromatic rings. The molecule has 8 heteroatoms. The fourth-order valence-corrected chi connectivity index (χ4v) is 3.00. The maximum absolute atomic E-state index is 7.52. The molecule has 0 atom stereocenters. The molecule has 0 radical (unpaired) electrons. The fraction of sp³-hybridized carbons (Fsp3) is 0.385. The average molecular weight is 303 g/mol. The fourth-order valence-electron chi connectivity index (χ4n) is 2.30. The zero-order valence-corrected chi connectivity index (χ0v) is 12.6. The van der Waals surface area contributed by atoms with E-state index < -0.39 is 0 Å². The maximum Gasteiger partial charge on any atom is 0.226 e. The van der Waals surface area contributed by atoms with Gasteiger partial charge in [0, 0.05) is 43.4 Å². The van der Waals surface area contributed by atoms with E-state index in [1.807, 2.05) is 18.5 Å². The molecular weight excluding hydrogens is 286 g/mol. The van der Waals surface area contributed by atoms with Crippen molar-refractivity contribution < 1.29 is 0 Å². The Bertz CT molecular complexity index is 632. The number of aromatic nitrogens is 3. The average Bonchev–Trinajstić information content (AvgIpc) is 3.01. The molecule has 21 heavy (non-hydrogen) atoms. The third-order valence-electron chi connectivity index (χ3n) is 3.37. The molecule has 2 aromatic heterocycles. The quantitative estimate of drug-likeness (QED) is 0.645. The minimum absolute atomic E-state index is 0.0248. The molecule has 1 aliphatic rings. The Morgan fingerprint density at radius 2 is 1.95 bits per heavy atom. The first-order valence-electron chi connectivity index (χ1n) is 6.73. The lowest BCUT2D eigenvalue weighted by Crippen LogP contribution is -2.47. The van der Waals surface area contributed by atoms with Crippen LogP contribution in [-0.4, -0.2) is 47.0 Å². The predicted molar refractivity (Wildman–Crippen MR) is 84.3 cm³/mol. The van der Waals surface area contributed by atoms with Crippen LogP contribution in [0, 0.1) is 12.3 Å². The van der Waals surface area contributed by atoms with Crippen LogP contribution in [-0.2, 0) is 0 Å². The van der Waals surface area contributed by atoms with E-state index in [0.717, 1.165) is 37.0 Å². The minimum Gasteiger partial charge on any atom is -0.382 e. The zero-order chi connectivity index (χ0) is 14.8. The number of amidine groups is 1. The summed E-state index contributed by atoms with van der Waals surface area (Å²) in [7, 11) is 0. The van der Waals surface area contributed by atoms with Gasteiger partial charge in [-0.25, -0.2) is 15.0 Å². The van der Waals surface area contributed by atoms with E-state index in [4.69, 9.17) is 11.1 Å². The molecule has 0 bridgehead atoms. The van der Waals surface area contributed by atoms with Crippen LogP contribution < -0.4 is 15.5 Å². The number of aryl methyl sites for hydroxylation is 1. The molecule has 0 spiro atoms. The van der Waals surface area contributed by atoms with Gasteiger partial charge in [0.05, 0.1) is 0 Å². The number of nitrogen functional groups attached to an aromatic ring is 1. The van der Waals surface area contributed by atoms with Gasteiger partial charge < -0.3 is 15.5 Å². The highest BCUT2D eigenvalue weighted by molar-refractivity contribution is 7.13. The normalized spacial score (nSPS) is 15.3. The molecule has 0 aromatic carbocycles. The number of anilines is 2. The number of nitrogens with one attached hydrogen (secondary N) is 1. The van der Waals surface area contributed by atoms with Gasteiger partial charge in [0.2, 0.25) is 5.95 Å². The Morgan fingerprint density at radius 1 is 1.24 bits per heavy atom. The molecule has 3 rings (SSSR count). The number of piperazine rings is 1. The number of rotatable bonds is 3. The maximum atomic E-state index is 7.52. The molecule has 0 aliphatic carbocycles. The summed E-state index contributed by atoms with van der Waals surface area (Å²) in [6, 6.07) is 1.73. The van der Waals surface area contributed by atoms with Crippen molar-refractivity contribution in [1.29, 1.82) is 5.41 Å². The van der Waals surface area contributed by atoms with E-state index in [1.54, 1.807) is 17.4 Å². The second-order valence-corrected chi connectivity index (χ2v) is 5.77. The highest BCUT2D eigenvalue weighted by Crippen LogP contribution is 2.20. The summed E-state index contributed by atoms with van der Waals surface area (Å²) in [5.41, 5.74) is 6.84. The smallest absolute Gasteiger partial charge is 0.226 e. The van der Waals surface area contributed by atoms with Gasteiger partial charge in [-0.05, 0) is 13.0 Å². The Morgan fingerprint density at radius 3 is 2.57 bits per heavy atom. The third-order valence-corrected chi connectivity index (χ3v) is 4.20. The summed E-state index contributed by atoms with van der Waals surface area (Å²) >= 11 is 1.66. The summed E-state index contributed by atoms with van der Waals surface area (Å²) in [5, 5.41) is 10.6. The number of hydrogen-bond donors (Lipinski definition) is 2. The summed E-state index contributed by atoms with van der Waals surface area (Å²) in [6.45, 7) is 5.34. The van der Waals surface area contributed by atoms with E-state index >= 15 is 0 Å². The predicted octanol–water partition coefficient (Wildman–Crippen LogP) is 0.852. The lowest BCUT2D eigenvalue weighted by Gasteiger charge is -2.34. The molecule has 1 fully saturated rings. The Hall–Kier alpha value is -2.22. The van der Waals surface area contributed by atoms with Gasteiger partial charge in [0.25, 0.3) is 0 Å². The van der Waals surface area contributed by atoms with Crippen molar-refractivity contribution >= 4 is 28.3 Å². The van der Waals surface area contributed by atoms with Crippen molar-refractivity contribution in [1.82, 2.24) is 15.0 Å². The molecule has 0 saturated carbocycles.